The number of halogens is 1. The third kappa shape index (κ3) is 3.72. The van der Waals surface area contributed by atoms with Gasteiger partial charge in [0.2, 0.25) is 0 Å². The van der Waals surface area contributed by atoms with Crippen molar-refractivity contribution in [2.24, 2.45) is 5.11 Å². The third-order valence-electron chi connectivity index (χ3n) is 2.22. The Bertz CT molecular complexity index is 425. The largest absolute Gasteiger partial charge is 0.0899 e. The minimum Gasteiger partial charge on any atom is -0.0899 e. The lowest BCUT2D eigenvalue weighted by Crippen LogP contribution is -1.90. The summed E-state index contributed by atoms with van der Waals surface area (Å²) < 4.78 is 0. The molecule has 0 amide bonds. The lowest BCUT2D eigenvalue weighted by molar-refractivity contribution is 1.21. The van der Waals surface area contributed by atoms with Crippen LogP contribution < -0.4 is 0 Å². The lowest BCUT2D eigenvalue weighted by atomic mass is 10.0. The molecule has 0 spiro atoms. The van der Waals surface area contributed by atoms with Crippen molar-refractivity contribution in [2.45, 2.75) is 13.8 Å². The Morgan fingerprint density at radius 3 is 2.50 bits per heavy atom. The molecule has 0 aliphatic rings. The molecule has 0 aliphatic heterocycles. The van der Waals surface area contributed by atoms with Crippen LogP contribution in [0.2, 0.25) is 0 Å². The average Bonchev–Trinajstić information content (AvgIpc) is 2.23. The minimum absolute atomic E-state index is 0.393. The van der Waals surface area contributed by atoms with Crippen molar-refractivity contribution < 1.29 is 0 Å². The van der Waals surface area contributed by atoms with E-state index in [4.69, 9.17) is 5.53 Å². The van der Waals surface area contributed by atoms with Gasteiger partial charge in [0.25, 0.3) is 0 Å². The molecule has 4 heteroatoms. The highest BCUT2D eigenvalue weighted by Gasteiger charge is 2.01. The number of aryl methyl sites for hydroxylation is 2. The summed E-state index contributed by atoms with van der Waals surface area (Å²) in [6.45, 7) is 4.55. The molecule has 0 N–H and O–H groups in total. The van der Waals surface area contributed by atoms with Crippen molar-refractivity contribution in [1.29, 1.82) is 0 Å². The van der Waals surface area contributed by atoms with Gasteiger partial charge < -0.3 is 0 Å². The smallest absolute Gasteiger partial charge is 0.0446 e. The summed E-state index contributed by atoms with van der Waals surface area (Å²) in [4.78, 5) is 2.74. The van der Waals surface area contributed by atoms with Crippen molar-refractivity contribution in [3.63, 3.8) is 0 Å². The Morgan fingerprint density at radius 2 is 2.00 bits per heavy atom. The Balaban J connectivity index is 3.02. The monoisotopic (exact) mass is 279 g/mol. The van der Waals surface area contributed by atoms with Crippen molar-refractivity contribution in [3.05, 3.63) is 51.4 Å². The van der Waals surface area contributed by atoms with Crippen LogP contribution in [-0.2, 0) is 0 Å². The topological polar surface area (TPSA) is 48.8 Å². The van der Waals surface area contributed by atoms with Crippen molar-refractivity contribution >= 4 is 21.5 Å². The fourth-order valence-electron chi connectivity index (χ4n) is 1.60. The molecule has 0 bridgehead atoms. The minimum atomic E-state index is 0.393. The van der Waals surface area contributed by atoms with Crippen molar-refractivity contribution in [3.8, 4) is 0 Å². The first kappa shape index (κ1) is 12.8. The van der Waals surface area contributed by atoms with E-state index < -0.39 is 0 Å². The van der Waals surface area contributed by atoms with E-state index in [0.29, 0.717) is 6.54 Å². The Morgan fingerprint density at radius 1 is 1.38 bits per heavy atom. The third-order valence-corrected chi connectivity index (χ3v) is 2.82. The highest BCUT2D eigenvalue weighted by atomic mass is 79.9. The van der Waals surface area contributed by atoms with Gasteiger partial charge in [-0.15, -0.1) is 0 Å². The van der Waals surface area contributed by atoms with Gasteiger partial charge in [-0.05, 0) is 30.5 Å². The molecule has 0 fully saturated rings. The summed E-state index contributed by atoms with van der Waals surface area (Å²) in [5, 5.41) is 4.27. The van der Waals surface area contributed by atoms with Gasteiger partial charge in [0.15, 0.2) is 0 Å². The van der Waals surface area contributed by atoms with Crippen LogP contribution >= 0.6 is 15.9 Å². The maximum absolute atomic E-state index is 8.23. The number of nitrogens with zero attached hydrogens (tertiary/aromatic N) is 3. The number of hydrogen-bond acceptors (Lipinski definition) is 1. The summed E-state index contributed by atoms with van der Waals surface area (Å²) in [5.41, 5.74) is 13.0. The molecule has 0 saturated heterocycles. The highest BCUT2D eigenvalue weighted by molar-refractivity contribution is 9.09. The molecule has 0 atom stereocenters. The van der Waals surface area contributed by atoms with Gasteiger partial charge in [-0.3, -0.25) is 0 Å². The molecule has 0 heterocycles. The molecule has 1 aromatic carbocycles. The summed E-state index contributed by atoms with van der Waals surface area (Å²) in [7, 11) is 0. The number of benzene rings is 1. The Hall–Kier alpha value is -1.25. The van der Waals surface area contributed by atoms with Gasteiger partial charge in [0.1, 0.15) is 0 Å². The molecule has 0 aliphatic carbocycles. The van der Waals surface area contributed by atoms with Crippen LogP contribution in [0.4, 0.5) is 0 Å². The fraction of sp³-hybridized carbons (Fsp3) is 0.333. The van der Waals surface area contributed by atoms with Crippen molar-refractivity contribution in [1.82, 2.24) is 0 Å². The number of alkyl halides is 1. The van der Waals surface area contributed by atoms with Crippen LogP contribution in [0, 0.1) is 13.8 Å². The second kappa shape index (κ2) is 6.36. The first-order chi connectivity index (χ1) is 7.67. The summed E-state index contributed by atoms with van der Waals surface area (Å²) >= 11 is 3.45. The van der Waals surface area contributed by atoms with Crippen molar-refractivity contribution in [2.75, 3.05) is 11.9 Å². The first-order valence-corrected chi connectivity index (χ1v) is 6.14. The zero-order chi connectivity index (χ0) is 12.0. The van der Waals surface area contributed by atoms with Gasteiger partial charge in [0, 0.05) is 16.8 Å². The van der Waals surface area contributed by atoms with E-state index in [2.05, 4.69) is 58.0 Å². The molecule has 1 rings (SSSR count). The molecular formula is C12H14BrN3. The van der Waals surface area contributed by atoms with Gasteiger partial charge in [-0.2, -0.15) is 0 Å². The van der Waals surface area contributed by atoms with Gasteiger partial charge >= 0.3 is 0 Å². The van der Waals surface area contributed by atoms with E-state index in [1.165, 1.54) is 16.7 Å². The van der Waals surface area contributed by atoms with Crippen LogP contribution in [0.1, 0.15) is 16.7 Å². The number of allylic oxidation sites excluding steroid dienone is 1. The van der Waals surface area contributed by atoms with Crippen LogP contribution in [0.25, 0.3) is 16.0 Å². The maximum atomic E-state index is 8.23. The number of hydrogen-bond donors (Lipinski definition) is 0. The highest BCUT2D eigenvalue weighted by Crippen LogP contribution is 2.19. The Kier molecular flexibility index (Phi) is 5.09. The van der Waals surface area contributed by atoms with Gasteiger partial charge in [0.05, 0.1) is 0 Å². The lowest BCUT2D eigenvalue weighted by Gasteiger charge is -2.07. The maximum Gasteiger partial charge on any atom is 0.0446 e. The summed E-state index contributed by atoms with van der Waals surface area (Å²) in [5.74, 6) is 0. The molecule has 16 heavy (non-hydrogen) atoms. The normalized spacial score (nSPS) is 11.1. The molecule has 3 nitrogen and oxygen atoms in total. The molecule has 1 aromatic rings. The van der Waals surface area contributed by atoms with Crippen LogP contribution in [-0.4, -0.2) is 11.9 Å². The predicted molar refractivity (Wildman–Crippen MR) is 71.7 cm³/mol. The first-order valence-electron chi connectivity index (χ1n) is 5.02. The molecule has 0 unspecified atom stereocenters. The second-order valence-corrected chi connectivity index (χ2v) is 4.21. The quantitative estimate of drug-likeness (QED) is 0.340. The molecule has 0 saturated carbocycles. The van der Waals surface area contributed by atoms with Crippen LogP contribution in [0.15, 0.2) is 29.4 Å². The fourth-order valence-corrected chi connectivity index (χ4v) is 2.15. The molecule has 84 valence electrons. The zero-order valence-electron chi connectivity index (χ0n) is 9.44. The summed E-state index contributed by atoms with van der Waals surface area (Å²) in [6.07, 6.45) is 1.95. The van der Waals surface area contributed by atoms with Crippen LogP contribution in [0.3, 0.4) is 0 Å². The predicted octanol–water partition coefficient (Wildman–Crippen LogP) is 4.39. The van der Waals surface area contributed by atoms with Gasteiger partial charge in [-0.25, -0.2) is 0 Å². The van der Waals surface area contributed by atoms with E-state index in [-0.39, 0.29) is 0 Å². The summed E-state index contributed by atoms with van der Waals surface area (Å²) in [6, 6.07) is 6.41. The number of rotatable bonds is 4. The van der Waals surface area contributed by atoms with E-state index in [1.807, 2.05) is 6.08 Å². The molecule has 0 aromatic heterocycles. The molecule has 0 radical (unpaired) electrons. The average molecular weight is 280 g/mol. The van der Waals surface area contributed by atoms with Crippen LogP contribution in [0.5, 0.6) is 0 Å². The van der Waals surface area contributed by atoms with E-state index >= 15 is 0 Å². The van der Waals surface area contributed by atoms with E-state index in [1.54, 1.807) is 0 Å². The zero-order valence-corrected chi connectivity index (χ0v) is 11.0. The Labute approximate surface area is 104 Å². The SMILES string of the molecule is Cc1cc(C)cc(/C(=C/CN=[N+]=[N-])CBr)c1. The van der Waals surface area contributed by atoms with Gasteiger partial charge in [-0.1, -0.05) is 56.4 Å². The molecular weight excluding hydrogens is 266 g/mol. The standard InChI is InChI=1S/C12H14BrN3/c1-9-5-10(2)7-12(6-9)11(8-13)3-4-15-16-14/h3,5-7H,4,8H2,1-2H3/b11-3+. The van der Waals surface area contributed by atoms with E-state index in [9.17, 15) is 0 Å². The van der Waals surface area contributed by atoms with E-state index in [0.717, 1.165) is 10.9 Å². The second-order valence-electron chi connectivity index (χ2n) is 3.65. The number of azide groups is 1.